The molecule has 1 atom stereocenters. The molecule has 1 saturated heterocycles. The van der Waals surface area contributed by atoms with E-state index < -0.39 is 10.2 Å². The molecule has 2 fully saturated rings. The van der Waals surface area contributed by atoms with Gasteiger partial charge in [0.1, 0.15) is 0 Å². The lowest BCUT2D eigenvalue weighted by molar-refractivity contribution is 0.257. The molecule has 0 radical (unpaired) electrons. The molecule has 1 saturated carbocycles. The molecule has 1 aliphatic carbocycles. The van der Waals surface area contributed by atoms with Crippen LogP contribution in [0.5, 0.6) is 0 Å². The molecule has 2 N–H and O–H groups in total. The molecule has 1 heterocycles. The highest BCUT2D eigenvalue weighted by molar-refractivity contribution is 8.00. The van der Waals surface area contributed by atoms with E-state index in [9.17, 15) is 8.42 Å². The van der Waals surface area contributed by atoms with Gasteiger partial charge in [-0.2, -0.15) is 24.5 Å². The standard InChI is InChI=1S/C14H29N3O2S2/c1-14(2,20-3)11-16-21(18,19)17-8-4-5-12(10-17)9-15-13-6-7-13/h12-13,15-16H,4-11H2,1-3H3. The number of piperidine rings is 1. The average Bonchev–Trinajstić information content (AvgIpc) is 3.28. The minimum absolute atomic E-state index is 0.0736. The minimum Gasteiger partial charge on any atom is -0.314 e. The van der Waals surface area contributed by atoms with Crippen molar-refractivity contribution in [2.45, 2.75) is 50.3 Å². The molecule has 1 aliphatic heterocycles. The van der Waals surface area contributed by atoms with Crippen LogP contribution in [0.2, 0.25) is 0 Å². The number of nitrogens with zero attached hydrogens (tertiary/aromatic N) is 1. The number of hydrogen-bond donors (Lipinski definition) is 2. The molecule has 2 rings (SSSR count). The predicted octanol–water partition coefficient (Wildman–Crippen LogP) is 1.43. The molecule has 21 heavy (non-hydrogen) atoms. The number of rotatable bonds is 8. The molecule has 0 spiro atoms. The first-order valence-corrected chi connectivity index (χ1v) is 10.5. The molecule has 0 aromatic heterocycles. The van der Waals surface area contributed by atoms with Gasteiger partial charge in [0.05, 0.1) is 0 Å². The van der Waals surface area contributed by atoms with Crippen molar-refractivity contribution in [2.75, 3.05) is 32.4 Å². The van der Waals surface area contributed by atoms with Crippen molar-refractivity contribution >= 4 is 22.0 Å². The Kier molecular flexibility index (Phi) is 5.99. The Balaban J connectivity index is 1.83. The highest BCUT2D eigenvalue weighted by Gasteiger charge is 2.31. The molecule has 2 aliphatic rings. The summed E-state index contributed by atoms with van der Waals surface area (Å²) in [6.45, 7) is 6.83. The van der Waals surface area contributed by atoms with Crippen LogP contribution in [0.1, 0.15) is 39.5 Å². The van der Waals surface area contributed by atoms with E-state index in [-0.39, 0.29) is 4.75 Å². The van der Waals surface area contributed by atoms with E-state index in [4.69, 9.17) is 0 Å². The second-order valence-electron chi connectivity index (χ2n) is 6.84. The Labute approximate surface area is 133 Å². The van der Waals surface area contributed by atoms with E-state index in [0.717, 1.165) is 19.4 Å². The van der Waals surface area contributed by atoms with Gasteiger partial charge in [-0.25, -0.2) is 4.72 Å². The number of nitrogens with one attached hydrogen (secondary N) is 2. The normalized spacial score (nSPS) is 25.2. The Morgan fingerprint density at radius 3 is 2.62 bits per heavy atom. The van der Waals surface area contributed by atoms with Crippen molar-refractivity contribution in [1.29, 1.82) is 0 Å². The van der Waals surface area contributed by atoms with Crippen molar-refractivity contribution in [3.8, 4) is 0 Å². The first-order valence-electron chi connectivity index (χ1n) is 7.86. The first-order chi connectivity index (χ1) is 9.82. The Morgan fingerprint density at radius 2 is 2.00 bits per heavy atom. The van der Waals surface area contributed by atoms with Crippen molar-refractivity contribution in [3.05, 3.63) is 0 Å². The molecule has 0 amide bonds. The lowest BCUT2D eigenvalue weighted by atomic mass is 10.00. The molecular weight excluding hydrogens is 306 g/mol. The van der Waals surface area contributed by atoms with E-state index in [0.29, 0.717) is 31.6 Å². The highest BCUT2D eigenvalue weighted by atomic mass is 32.2. The molecule has 5 nitrogen and oxygen atoms in total. The van der Waals surface area contributed by atoms with Crippen molar-refractivity contribution in [2.24, 2.45) is 5.92 Å². The molecule has 124 valence electrons. The lowest BCUT2D eigenvalue weighted by Crippen LogP contribution is -2.49. The minimum atomic E-state index is -3.34. The maximum atomic E-state index is 12.4. The summed E-state index contributed by atoms with van der Waals surface area (Å²) in [4.78, 5) is 0. The second-order valence-corrected chi connectivity index (χ2v) is 10.1. The van der Waals surface area contributed by atoms with Gasteiger partial charge in [-0.05, 0) is 58.2 Å². The van der Waals surface area contributed by atoms with Crippen molar-refractivity contribution < 1.29 is 8.42 Å². The fourth-order valence-corrected chi connectivity index (χ4v) is 4.27. The van der Waals surface area contributed by atoms with E-state index >= 15 is 0 Å². The van der Waals surface area contributed by atoms with Crippen molar-refractivity contribution in [3.63, 3.8) is 0 Å². The SMILES string of the molecule is CSC(C)(C)CNS(=O)(=O)N1CCCC(CNC2CC2)C1. The average molecular weight is 336 g/mol. The number of thioether (sulfide) groups is 1. The molecular formula is C14H29N3O2S2. The van der Waals surface area contributed by atoms with Crippen LogP contribution in [0.25, 0.3) is 0 Å². The van der Waals surface area contributed by atoms with Crippen LogP contribution < -0.4 is 10.0 Å². The van der Waals surface area contributed by atoms with Crippen LogP contribution in [0.15, 0.2) is 0 Å². The van der Waals surface area contributed by atoms with E-state index in [2.05, 4.69) is 23.9 Å². The summed E-state index contributed by atoms with van der Waals surface area (Å²) in [7, 11) is -3.34. The van der Waals surface area contributed by atoms with Gasteiger partial charge in [0, 0.05) is 30.4 Å². The highest BCUT2D eigenvalue weighted by Crippen LogP contribution is 2.23. The maximum Gasteiger partial charge on any atom is 0.279 e. The van der Waals surface area contributed by atoms with Gasteiger partial charge in [-0.15, -0.1) is 0 Å². The van der Waals surface area contributed by atoms with E-state index in [1.165, 1.54) is 12.8 Å². The van der Waals surface area contributed by atoms with Crippen molar-refractivity contribution in [1.82, 2.24) is 14.3 Å². The van der Waals surface area contributed by atoms with Gasteiger partial charge < -0.3 is 5.32 Å². The summed E-state index contributed by atoms with van der Waals surface area (Å²) in [6, 6.07) is 0.692. The summed E-state index contributed by atoms with van der Waals surface area (Å²) in [5, 5.41) is 3.52. The van der Waals surface area contributed by atoms with Crippen LogP contribution in [0, 0.1) is 5.92 Å². The Bertz CT molecular complexity index is 436. The van der Waals surface area contributed by atoms with Gasteiger partial charge in [-0.3, -0.25) is 0 Å². The predicted molar refractivity (Wildman–Crippen MR) is 89.8 cm³/mol. The van der Waals surface area contributed by atoms with Gasteiger partial charge >= 0.3 is 0 Å². The molecule has 0 bridgehead atoms. The monoisotopic (exact) mass is 335 g/mol. The Hall–Kier alpha value is 0.180. The van der Waals surface area contributed by atoms with Crippen LogP contribution in [-0.4, -0.2) is 55.9 Å². The van der Waals surface area contributed by atoms with Crippen LogP contribution in [0.3, 0.4) is 0 Å². The van der Waals surface area contributed by atoms with Crippen LogP contribution >= 0.6 is 11.8 Å². The van der Waals surface area contributed by atoms with Gasteiger partial charge in [0.25, 0.3) is 10.2 Å². The van der Waals surface area contributed by atoms with Gasteiger partial charge in [0.15, 0.2) is 0 Å². The third-order valence-corrected chi connectivity index (χ3v) is 7.10. The zero-order valence-electron chi connectivity index (χ0n) is 13.4. The summed E-state index contributed by atoms with van der Waals surface area (Å²) in [6.07, 6.45) is 6.65. The molecule has 7 heteroatoms. The fourth-order valence-electron chi connectivity index (χ4n) is 2.46. The first kappa shape index (κ1) is 17.5. The zero-order valence-corrected chi connectivity index (χ0v) is 15.0. The van der Waals surface area contributed by atoms with Gasteiger partial charge in [0.2, 0.25) is 0 Å². The maximum absolute atomic E-state index is 12.4. The zero-order chi connectivity index (χ0) is 15.5. The quantitative estimate of drug-likeness (QED) is 0.704. The van der Waals surface area contributed by atoms with E-state index in [1.807, 2.05) is 6.26 Å². The molecule has 0 aromatic rings. The Morgan fingerprint density at radius 1 is 1.29 bits per heavy atom. The topological polar surface area (TPSA) is 61.4 Å². The van der Waals surface area contributed by atoms with E-state index in [1.54, 1.807) is 16.1 Å². The smallest absolute Gasteiger partial charge is 0.279 e. The van der Waals surface area contributed by atoms with Gasteiger partial charge in [-0.1, -0.05) is 0 Å². The lowest BCUT2D eigenvalue weighted by Gasteiger charge is -2.33. The largest absolute Gasteiger partial charge is 0.314 e. The summed E-state index contributed by atoms with van der Waals surface area (Å²) < 4.78 is 29.2. The third kappa shape index (κ3) is 5.71. The molecule has 1 unspecified atom stereocenters. The number of hydrogen-bond acceptors (Lipinski definition) is 4. The fraction of sp³-hybridized carbons (Fsp3) is 1.00. The summed E-state index contributed by atoms with van der Waals surface area (Å²) in [5.41, 5.74) is 0. The summed E-state index contributed by atoms with van der Waals surface area (Å²) >= 11 is 1.68. The van der Waals surface area contributed by atoms with Crippen LogP contribution in [0.4, 0.5) is 0 Å². The van der Waals surface area contributed by atoms with Crippen LogP contribution in [-0.2, 0) is 10.2 Å². The third-order valence-electron chi connectivity index (χ3n) is 4.33. The second kappa shape index (κ2) is 7.17. The summed E-state index contributed by atoms with van der Waals surface area (Å²) in [5.74, 6) is 0.449. The molecule has 0 aromatic carbocycles.